The number of nitrogens with zero attached hydrogens (tertiary/aromatic N) is 2. The van der Waals surface area contributed by atoms with Crippen molar-refractivity contribution in [3.63, 3.8) is 0 Å². The first-order valence-corrected chi connectivity index (χ1v) is 8.70. The number of fused-ring (bicyclic) bond motifs is 1. The van der Waals surface area contributed by atoms with Crippen molar-refractivity contribution in [2.24, 2.45) is 10.9 Å². The second-order valence-electron chi connectivity index (χ2n) is 5.30. The van der Waals surface area contributed by atoms with Crippen LogP contribution in [0.3, 0.4) is 0 Å². The summed E-state index contributed by atoms with van der Waals surface area (Å²) in [6.07, 6.45) is 0.436. The third kappa shape index (κ3) is 2.88. The first-order valence-electron chi connectivity index (χ1n) is 6.00. The Balaban J connectivity index is 2.08. The smallest absolute Gasteiger partial charge is 0.248 e. The Labute approximate surface area is 112 Å². The summed E-state index contributed by atoms with van der Waals surface area (Å²) >= 11 is 1.42. The maximum Gasteiger partial charge on any atom is 0.248 e. The standard InChI is InChI=1S/C11H18N2O3S2/c1-7(2)4-10(14)12-11-13(3)8-5-18(15,16)6-9(8)17-11/h7-9H,4-6H2,1-3H3/t8-,9+/m0/s1. The number of hydrogen-bond donors (Lipinski definition) is 0. The van der Waals surface area contributed by atoms with Crippen molar-refractivity contribution in [1.82, 2.24) is 4.90 Å². The van der Waals surface area contributed by atoms with Crippen molar-refractivity contribution in [2.75, 3.05) is 18.6 Å². The first kappa shape index (κ1) is 13.9. The maximum atomic E-state index is 11.7. The first-order chi connectivity index (χ1) is 8.28. The molecule has 2 aliphatic heterocycles. The molecule has 2 saturated heterocycles. The van der Waals surface area contributed by atoms with Gasteiger partial charge in [0.2, 0.25) is 5.91 Å². The molecule has 1 amide bonds. The Kier molecular flexibility index (Phi) is 3.73. The molecule has 2 fully saturated rings. The molecule has 0 N–H and O–H groups in total. The second kappa shape index (κ2) is 4.85. The van der Waals surface area contributed by atoms with Crippen LogP contribution in [0, 0.1) is 5.92 Å². The zero-order chi connectivity index (χ0) is 13.5. The van der Waals surface area contributed by atoms with Gasteiger partial charge in [0.25, 0.3) is 0 Å². The van der Waals surface area contributed by atoms with Crippen LogP contribution in [0.1, 0.15) is 20.3 Å². The van der Waals surface area contributed by atoms with Crippen LogP contribution >= 0.6 is 11.8 Å². The predicted molar refractivity (Wildman–Crippen MR) is 73.5 cm³/mol. The zero-order valence-electron chi connectivity index (χ0n) is 10.8. The molecule has 0 aromatic heterocycles. The summed E-state index contributed by atoms with van der Waals surface area (Å²) in [6, 6.07) is -0.0226. The minimum Gasteiger partial charge on any atom is -0.349 e. The lowest BCUT2D eigenvalue weighted by Gasteiger charge is -2.17. The number of aliphatic imine (C=N–C) groups is 1. The molecular weight excluding hydrogens is 272 g/mol. The van der Waals surface area contributed by atoms with E-state index in [0.29, 0.717) is 17.5 Å². The van der Waals surface area contributed by atoms with Gasteiger partial charge in [-0.2, -0.15) is 4.99 Å². The number of amidine groups is 1. The fourth-order valence-electron chi connectivity index (χ4n) is 2.24. The van der Waals surface area contributed by atoms with Gasteiger partial charge in [-0.15, -0.1) is 0 Å². The van der Waals surface area contributed by atoms with Crippen molar-refractivity contribution in [3.05, 3.63) is 0 Å². The molecule has 0 aromatic carbocycles. The highest BCUT2D eigenvalue weighted by molar-refractivity contribution is 8.15. The lowest BCUT2D eigenvalue weighted by atomic mass is 10.1. The normalized spacial score (nSPS) is 32.2. The molecule has 0 spiro atoms. The summed E-state index contributed by atoms with van der Waals surface area (Å²) in [5.74, 6) is 0.545. The molecule has 2 aliphatic rings. The third-order valence-electron chi connectivity index (χ3n) is 3.13. The van der Waals surface area contributed by atoms with Gasteiger partial charge in [0.1, 0.15) is 0 Å². The van der Waals surface area contributed by atoms with Gasteiger partial charge in [0.05, 0.1) is 17.5 Å². The molecule has 2 atom stereocenters. The molecular formula is C11H18N2O3S2. The SMILES string of the molecule is CC(C)CC(=O)N=C1S[C@@H]2CS(=O)(=O)C[C@@H]2N1C. The number of rotatable bonds is 2. The largest absolute Gasteiger partial charge is 0.349 e. The van der Waals surface area contributed by atoms with Crippen LogP contribution in [0.2, 0.25) is 0 Å². The van der Waals surface area contributed by atoms with Crippen LogP contribution < -0.4 is 0 Å². The van der Waals surface area contributed by atoms with Gasteiger partial charge in [-0.1, -0.05) is 25.6 Å². The minimum atomic E-state index is -2.91. The lowest BCUT2D eigenvalue weighted by molar-refractivity contribution is -0.118. The zero-order valence-corrected chi connectivity index (χ0v) is 12.4. The molecule has 0 aromatic rings. The third-order valence-corrected chi connectivity index (χ3v) is 6.43. The van der Waals surface area contributed by atoms with Crippen LogP contribution in [-0.4, -0.2) is 54.2 Å². The summed E-state index contributed by atoms with van der Waals surface area (Å²) in [6.45, 7) is 3.95. The van der Waals surface area contributed by atoms with E-state index < -0.39 is 9.84 Å². The second-order valence-corrected chi connectivity index (χ2v) is 8.66. The monoisotopic (exact) mass is 290 g/mol. The molecule has 0 radical (unpaired) electrons. The van der Waals surface area contributed by atoms with Gasteiger partial charge < -0.3 is 4.90 Å². The number of sulfone groups is 1. The summed E-state index contributed by atoms with van der Waals surface area (Å²) < 4.78 is 23.0. The average Bonchev–Trinajstić information content (AvgIpc) is 2.61. The van der Waals surface area contributed by atoms with Crippen LogP contribution in [0.15, 0.2) is 4.99 Å². The van der Waals surface area contributed by atoms with Crippen LogP contribution in [0.25, 0.3) is 0 Å². The Morgan fingerprint density at radius 2 is 2.17 bits per heavy atom. The molecule has 0 bridgehead atoms. The van der Waals surface area contributed by atoms with E-state index in [-0.39, 0.29) is 28.7 Å². The Hall–Kier alpha value is -0.560. The molecule has 2 heterocycles. The lowest BCUT2D eigenvalue weighted by Crippen LogP contribution is -2.34. The summed E-state index contributed by atoms with van der Waals surface area (Å²) in [5.41, 5.74) is 0. The van der Waals surface area contributed by atoms with Gasteiger partial charge in [-0.25, -0.2) is 8.42 Å². The summed E-state index contributed by atoms with van der Waals surface area (Å²) in [4.78, 5) is 17.6. The fourth-order valence-corrected chi connectivity index (χ4v) is 6.25. The Bertz CT molecular complexity index is 485. The average molecular weight is 290 g/mol. The Morgan fingerprint density at radius 3 is 2.72 bits per heavy atom. The highest BCUT2D eigenvalue weighted by Gasteiger charge is 2.47. The summed E-state index contributed by atoms with van der Waals surface area (Å²) in [5, 5.41) is 0.705. The molecule has 0 aliphatic carbocycles. The van der Waals surface area contributed by atoms with E-state index in [1.807, 2.05) is 25.8 Å². The molecule has 102 valence electrons. The van der Waals surface area contributed by atoms with E-state index in [1.54, 1.807) is 0 Å². The Morgan fingerprint density at radius 1 is 1.50 bits per heavy atom. The van der Waals surface area contributed by atoms with E-state index in [4.69, 9.17) is 0 Å². The van der Waals surface area contributed by atoms with Crippen LogP contribution in [-0.2, 0) is 14.6 Å². The highest BCUT2D eigenvalue weighted by atomic mass is 32.2. The minimum absolute atomic E-state index is 0.0226. The van der Waals surface area contributed by atoms with Crippen LogP contribution in [0.5, 0.6) is 0 Å². The van der Waals surface area contributed by atoms with E-state index in [9.17, 15) is 13.2 Å². The number of carbonyl (C=O) groups is 1. The van der Waals surface area contributed by atoms with Crippen molar-refractivity contribution in [1.29, 1.82) is 0 Å². The summed E-state index contributed by atoms with van der Waals surface area (Å²) in [7, 11) is -1.09. The topological polar surface area (TPSA) is 66.8 Å². The molecule has 5 nitrogen and oxygen atoms in total. The van der Waals surface area contributed by atoms with Gasteiger partial charge in [0, 0.05) is 18.7 Å². The van der Waals surface area contributed by atoms with E-state index in [0.717, 1.165) is 0 Å². The van der Waals surface area contributed by atoms with Gasteiger partial charge >= 0.3 is 0 Å². The molecule has 0 saturated carbocycles. The van der Waals surface area contributed by atoms with Crippen molar-refractivity contribution in [3.8, 4) is 0 Å². The number of carbonyl (C=O) groups excluding carboxylic acids is 1. The highest BCUT2D eigenvalue weighted by Crippen LogP contribution is 2.36. The van der Waals surface area contributed by atoms with Crippen LogP contribution in [0.4, 0.5) is 0 Å². The molecule has 0 unspecified atom stereocenters. The van der Waals surface area contributed by atoms with E-state index in [1.165, 1.54) is 11.8 Å². The van der Waals surface area contributed by atoms with E-state index in [2.05, 4.69) is 4.99 Å². The van der Waals surface area contributed by atoms with Crippen molar-refractivity contribution < 1.29 is 13.2 Å². The van der Waals surface area contributed by atoms with Gasteiger partial charge in [0.15, 0.2) is 15.0 Å². The number of amides is 1. The fraction of sp³-hybridized carbons (Fsp3) is 0.818. The van der Waals surface area contributed by atoms with Crippen molar-refractivity contribution >= 4 is 32.7 Å². The van der Waals surface area contributed by atoms with Gasteiger partial charge in [-0.3, -0.25) is 4.79 Å². The molecule has 2 rings (SSSR count). The van der Waals surface area contributed by atoms with E-state index >= 15 is 0 Å². The number of hydrogen-bond acceptors (Lipinski definition) is 4. The van der Waals surface area contributed by atoms with Crippen molar-refractivity contribution in [2.45, 2.75) is 31.6 Å². The molecule has 18 heavy (non-hydrogen) atoms. The number of thioether (sulfide) groups is 1. The van der Waals surface area contributed by atoms with Gasteiger partial charge in [-0.05, 0) is 5.92 Å². The maximum absolute atomic E-state index is 11.7. The quantitative estimate of drug-likeness (QED) is 0.751. The molecule has 7 heteroatoms. The predicted octanol–water partition coefficient (Wildman–Crippen LogP) is 0.759.